The summed E-state index contributed by atoms with van der Waals surface area (Å²) < 4.78 is 25.8. The molecule has 0 saturated heterocycles. The number of Topliss-reactive ketones (excluding diaryl/α,β-unsaturated/α-hetero) is 1. The van der Waals surface area contributed by atoms with Crippen LogP contribution >= 0.6 is 0 Å². The van der Waals surface area contributed by atoms with Crippen molar-refractivity contribution in [3.05, 3.63) is 35.4 Å². The smallest absolute Gasteiger partial charge is 0.137 e. The number of carbonyl (C=O) groups is 1. The van der Waals surface area contributed by atoms with Gasteiger partial charge >= 0.3 is 0 Å². The molecule has 0 saturated carbocycles. The van der Waals surface area contributed by atoms with Gasteiger partial charge in [-0.2, -0.15) is 0 Å². The fourth-order valence-electron chi connectivity index (χ4n) is 1.55. The molecule has 0 aliphatic carbocycles. The molecule has 1 unspecified atom stereocenters. The Morgan fingerprint density at radius 1 is 1.29 bits per heavy atom. The minimum absolute atomic E-state index is 0.0182. The first-order valence-electron chi connectivity index (χ1n) is 5.68. The maximum Gasteiger partial charge on any atom is 0.137 e. The molecule has 1 aromatic rings. The highest BCUT2D eigenvalue weighted by molar-refractivity contribution is 5.80. The van der Waals surface area contributed by atoms with Gasteiger partial charge in [-0.15, -0.1) is 0 Å². The lowest BCUT2D eigenvalue weighted by atomic mass is 10.00. The molecule has 0 spiro atoms. The van der Waals surface area contributed by atoms with E-state index in [-0.39, 0.29) is 12.2 Å². The predicted molar refractivity (Wildman–Crippen MR) is 62.5 cm³/mol. The molecule has 0 aromatic heterocycles. The highest BCUT2D eigenvalue weighted by Gasteiger charge is 2.08. The average molecular weight is 241 g/mol. The van der Waals surface area contributed by atoms with Gasteiger partial charge in [0.2, 0.25) is 0 Å². The van der Waals surface area contributed by atoms with E-state index >= 15 is 0 Å². The Labute approximate surface area is 99.8 Å². The summed E-state index contributed by atoms with van der Waals surface area (Å²) in [6.45, 7) is 2.51. The Bertz CT molecular complexity index is 373. The number of halogens is 2. The van der Waals surface area contributed by atoms with Crippen molar-refractivity contribution in [2.75, 3.05) is 6.54 Å². The van der Waals surface area contributed by atoms with Gasteiger partial charge in [-0.05, 0) is 36.6 Å². The van der Waals surface area contributed by atoms with Crippen LogP contribution in [0.2, 0.25) is 0 Å². The zero-order valence-corrected chi connectivity index (χ0v) is 9.88. The molecular weight excluding hydrogens is 224 g/mol. The third-order valence-electron chi connectivity index (χ3n) is 2.64. The zero-order valence-electron chi connectivity index (χ0n) is 9.88. The number of hydrogen-bond acceptors (Lipinski definition) is 2. The van der Waals surface area contributed by atoms with Crippen molar-refractivity contribution in [1.82, 2.24) is 0 Å². The molecule has 2 N–H and O–H groups in total. The maximum atomic E-state index is 12.9. The average Bonchev–Trinajstić information content (AvgIpc) is 2.24. The van der Waals surface area contributed by atoms with Crippen LogP contribution < -0.4 is 5.73 Å². The first kappa shape index (κ1) is 13.8. The normalized spacial score (nSPS) is 12.5. The third-order valence-corrected chi connectivity index (χ3v) is 2.64. The molecule has 0 heterocycles. The fourth-order valence-corrected chi connectivity index (χ4v) is 1.55. The summed E-state index contributed by atoms with van der Waals surface area (Å²) >= 11 is 0. The van der Waals surface area contributed by atoms with Crippen LogP contribution in [0.3, 0.4) is 0 Å². The number of ketones is 1. The second-order valence-corrected chi connectivity index (χ2v) is 4.37. The van der Waals surface area contributed by atoms with Gasteiger partial charge in [-0.25, -0.2) is 8.78 Å². The van der Waals surface area contributed by atoms with E-state index in [4.69, 9.17) is 5.73 Å². The van der Waals surface area contributed by atoms with Crippen molar-refractivity contribution in [1.29, 1.82) is 0 Å². The van der Waals surface area contributed by atoms with E-state index in [0.717, 1.165) is 6.07 Å². The summed E-state index contributed by atoms with van der Waals surface area (Å²) in [5, 5.41) is 0. The van der Waals surface area contributed by atoms with Gasteiger partial charge in [0.15, 0.2) is 0 Å². The molecule has 2 nitrogen and oxygen atoms in total. The molecular formula is C13H17F2NO. The minimum Gasteiger partial charge on any atom is -0.330 e. The molecule has 1 aromatic carbocycles. The Kier molecular flexibility index (Phi) is 5.22. The summed E-state index contributed by atoms with van der Waals surface area (Å²) in [6, 6.07) is 3.17. The number of hydrogen-bond donors (Lipinski definition) is 1. The largest absolute Gasteiger partial charge is 0.330 e. The number of benzene rings is 1. The summed E-state index contributed by atoms with van der Waals surface area (Å²) in [7, 11) is 0. The molecule has 0 amide bonds. The molecule has 0 bridgehead atoms. The summed E-state index contributed by atoms with van der Waals surface area (Å²) in [5.74, 6) is -1.02. The van der Waals surface area contributed by atoms with Crippen molar-refractivity contribution < 1.29 is 13.6 Å². The second-order valence-electron chi connectivity index (χ2n) is 4.37. The minimum atomic E-state index is -0.650. The summed E-state index contributed by atoms with van der Waals surface area (Å²) in [4.78, 5) is 11.6. The standard InChI is InChI=1S/C13H17F2NO/c1-9(8-16)2-3-13(17)6-10-4-11(14)7-12(15)5-10/h4-5,7,9H,2-3,6,8,16H2,1H3. The molecule has 4 heteroatoms. The Morgan fingerprint density at radius 2 is 1.88 bits per heavy atom. The van der Waals surface area contributed by atoms with Crippen molar-refractivity contribution in [2.24, 2.45) is 11.7 Å². The lowest BCUT2D eigenvalue weighted by molar-refractivity contribution is -0.118. The third kappa shape index (κ3) is 5.04. The van der Waals surface area contributed by atoms with Crippen LogP contribution in [0, 0.1) is 17.6 Å². The first-order chi connectivity index (χ1) is 8.01. The molecule has 0 radical (unpaired) electrons. The molecule has 94 valence electrons. The van der Waals surface area contributed by atoms with Crippen LogP contribution in [0.1, 0.15) is 25.3 Å². The molecule has 0 aliphatic rings. The van der Waals surface area contributed by atoms with Gasteiger partial charge in [0, 0.05) is 18.9 Å². The molecule has 17 heavy (non-hydrogen) atoms. The van der Waals surface area contributed by atoms with Crippen LogP contribution in [0.4, 0.5) is 8.78 Å². The zero-order chi connectivity index (χ0) is 12.8. The highest BCUT2D eigenvalue weighted by Crippen LogP contribution is 2.11. The molecule has 0 aliphatic heterocycles. The fraction of sp³-hybridized carbons (Fsp3) is 0.462. The van der Waals surface area contributed by atoms with Crippen LogP contribution in [0.15, 0.2) is 18.2 Å². The summed E-state index contributed by atoms with van der Waals surface area (Å²) in [5.41, 5.74) is 5.82. The topological polar surface area (TPSA) is 43.1 Å². The lowest BCUT2D eigenvalue weighted by Gasteiger charge is -2.07. The number of rotatable bonds is 6. The van der Waals surface area contributed by atoms with Crippen molar-refractivity contribution in [3.63, 3.8) is 0 Å². The van der Waals surface area contributed by atoms with Gasteiger partial charge in [0.05, 0.1) is 0 Å². The van der Waals surface area contributed by atoms with E-state index in [1.165, 1.54) is 12.1 Å². The van der Waals surface area contributed by atoms with Crippen LogP contribution in [0.5, 0.6) is 0 Å². The van der Waals surface area contributed by atoms with Gasteiger partial charge in [-0.3, -0.25) is 4.79 Å². The Balaban J connectivity index is 2.50. The monoisotopic (exact) mass is 241 g/mol. The second kappa shape index (κ2) is 6.45. The number of nitrogens with two attached hydrogens (primary N) is 1. The summed E-state index contributed by atoms with van der Waals surface area (Å²) in [6.07, 6.45) is 1.19. The van der Waals surface area contributed by atoms with Crippen molar-refractivity contribution in [3.8, 4) is 0 Å². The van der Waals surface area contributed by atoms with E-state index in [1.807, 2.05) is 6.92 Å². The molecule has 0 fully saturated rings. The first-order valence-corrected chi connectivity index (χ1v) is 5.68. The molecule has 1 rings (SSSR count). The Hall–Kier alpha value is -1.29. The van der Waals surface area contributed by atoms with E-state index in [0.29, 0.717) is 30.9 Å². The van der Waals surface area contributed by atoms with Crippen molar-refractivity contribution in [2.45, 2.75) is 26.2 Å². The van der Waals surface area contributed by atoms with Gasteiger partial charge < -0.3 is 5.73 Å². The van der Waals surface area contributed by atoms with Crippen LogP contribution in [-0.4, -0.2) is 12.3 Å². The maximum absolute atomic E-state index is 12.9. The van der Waals surface area contributed by atoms with E-state index in [1.54, 1.807) is 0 Å². The number of carbonyl (C=O) groups excluding carboxylic acids is 1. The van der Waals surface area contributed by atoms with Gasteiger partial charge in [-0.1, -0.05) is 6.92 Å². The van der Waals surface area contributed by atoms with E-state index < -0.39 is 11.6 Å². The Morgan fingerprint density at radius 3 is 2.41 bits per heavy atom. The lowest BCUT2D eigenvalue weighted by Crippen LogP contribution is -2.13. The SMILES string of the molecule is CC(CN)CCC(=O)Cc1cc(F)cc(F)c1. The van der Waals surface area contributed by atoms with Gasteiger partial charge in [0.1, 0.15) is 17.4 Å². The van der Waals surface area contributed by atoms with Crippen LogP contribution in [0.25, 0.3) is 0 Å². The van der Waals surface area contributed by atoms with E-state index in [9.17, 15) is 13.6 Å². The van der Waals surface area contributed by atoms with Crippen LogP contribution in [-0.2, 0) is 11.2 Å². The van der Waals surface area contributed by atoms with Crippen molar-refractivity contribution >= 4 is 5.78 Å². The van der Waals surface area contributed by atoms with Gasteiger partial charge in [0.25, 0.3) is 0 Å². The predicted octanol–water partition coefficient (Wildman–Crippen LogP) is 2.45. The quantitative estimate of drug-likeness (QED) is 0.831. The highest BCUT2D eigenvalue weighted by atomic mass is 19.1. The molecule has 1 atom stereocenters. The van der Waals surface area contributed by atoms with E-state index in [2.05, 4.69) is 0 Å².